The Hall–Kier alpha value is -3.42. The molecule has 1 N–H and O–H groups in total. The van der Waals surface area contributed by atoms with Crippen molar-refractivity contribution in [3.63, 3.8) is 0 Å². The molecule has 2 aromatic carbocycles. The number of rotatable bonds is 7. The molecule has 0 saturated heterocycles. The molecule has 2 heterocycles. The lowest BCUT2D eigenvalue weighted by Gasteiger charge is -2.14. The summed E-state index contributed by atoms with van der Waals surface area (Å²) in [6.45, 7) is 3.40. The van der Waals surface area contributed by atoms with Crippen molar-refractivity contribution in [3.05, 3.63) is 59.6 Å². The Kier molecular flexibility index (Phi) is 5.63. The second kappa shape index (κ2) is 8.37. The topological polar surface area (TPSA) is 69.3 Å². The highest BCUT2D eigenvalue weighted by Crippen LogP contribution is 2.30. The Bertz CT molecular complexity index is 1250. The van der Waals surface area contributed by atoms with Crippen LogP contribution < -0.4 is 10.1 Å². The van der Waals surface area contributed by atoms with E-state index in [4.69, 9.17) is 9.15 Å². The van der Waals surface area contributed by atoms with Crippen molar-refractivity contribution in [2.45, 2.75) is 33.2 Å². The lowest BCUT2D eigenvalue weighted by atomic mass is 10.1. The average molecular weight is 427 g/mol. The molecule has 0 radical (unpaired) electrons. The van der Waals surface area contributed by atoms with E-state index < -0.39 is 18.4 Å². The van der Waals surface area contributed by atoms with Crippen LogP contribution in [0.25, 0.3) is 22.0 Å². The van der Waals surface area contributed by atoms with Crippen LogP contribution in [0.2, 0.25) is 0 Å². The molecule has 0 fully saturated rings. The Morgan fingerprint density at radius 3 is 2.77 bits per heavy atom. The lowest BCUT2D eigenvalue weighted by molar-refractivity contribution is 0.0703. The Balaban J connectivity index is 1.54. The Morgan fingerprint density at radius 2 is 2.03 bits per heavy atom. The van der Waals surface area contributed by atoms with Gasteiger partial charge in [-0.25, -0.2) is 4.98 Å². The van der Waals surface area contributed by atoms with Crippen LogP contribution in [0.1, 0.15) is 48.3 Å². The monoisotopic (exact) mass is 427 g/mol. The van der Waals surface area contributed by atoms with Gasteiger partial charge in [-0.1, -0.05) is 19.1 Å². The molecule has 0 aliphatic heterocycles. The molecule has 4 aromatic rings. The third-order valence-electron chi connectivity index (χ3n) is 5.25. The third-order valence-corrected chi connectivity index (χ3v) is 5.25. The summed E-state index contributed by atoms with van der Waals surface area (Å²) in [7, 11) is 0. The summed E-state index contributed by atoms with van der Waals surface area (Å²) < 4.78 is 39.5. The van der Waals surface area contributed by atoms with Gasteiger partial charge in [-0.05, 0) is 44.2 Å². The molecule has 0 bridgehead atoms. The van der Waals surface area contributed by atoms with Gasteiger partial charge in [-0.15, -0.1) is 0 Å². The van der Waals surface area contributed by atoms with Gasteiger partial charge < -0.3 is 14.5 Å². The first-order valence-electron chi connectivity index (χ1n) is 10.1. The number of hydrogen-bond donors (Lipinski definition) is 1. The minimum absolute atomic E-state index is 0.134. The Labute approximate surface area is 177 Å². The average Bonchev–Trinajstić information content (AvgIpc) is 3.30. The molecule has 2 aromatic heterocycles. The minimum Gasteiger partial charge on any atom is -0.494 e. The van der Waals surface area contributed by atoms with E-state index in [1.807, 2.05) is 13.0 Å². The maximum atomic E-state index is 13.7. The van der Waals surface area contributed by atoms with Crippen LogP contribution in [0.15, 0.2) is 46.9 Å². The molecular formula is C23H23F2N3O3. The number of nitrogens with zero attached hydrogens (tertiary/aromatic N) is 2. The van der Waals surface area contributed by atoms with Crippen molar-refractivity contribution >= 4 is 27.9 Å². The summed E-state index contributed by atoms with van der Waals surface area (Å²) in [5.41, 5.74) is 2.14. The fourth-order valence-corrected chi connectivity index (χ4v) is 3.71. The summed E-state index contributed by atoms with van der Waals surface area (Å²) >= 11 is 0. The van der Waals surface area contributed by atoms with Gasteiger partial charge in [0.15, 0.2) is 5.76 Å². The molecule has 31 heavy (non-hydrogen) atoms. The van der Waals surface area contributed by atoms with Crippen molar-refractivity contribution < 1.29 is 22.7 Å². The molecule has 1 amide bonds. The van der Waals surface area contributed by atoms with Gasteiger partial charge in [0.1, 0.15) is 17.2 Å². The number of alkyl halides is 2. The van der Waals surface area contributed by atoms with E-state index in [0.29, 0.717) is 34.5 Å². The van der Waals surface area contributed by atoms with E-state index in [2.05, 4.69) is 10.3 Å². The summed E-state index contributed by atoms with van der Waals surface area (Å²) in [6.07, 6.45) is 0. The Morgan fingerprint density at radius 1 is 1.26 bits per heavy atom. The zero-order valence-electron chi connectivity index (χ0n) is 17.5. The first kappa shape index (κ1) is 20.8. The number of hydrogen-bond acceptors (Lipinski definition) is 4. The first-order chi connectivity index (χ1) is 14.9. The highest BCUT2D eigenvalue weighted by atomic mass is 19.3. The van der Waals surface area contributed by atoms with E-state index in [1.165, 1.54) is 0 Å². The van der Waals surface area contributed by atoms with Crippen LogP contribution in [-0.4, -0.2) is 28.6 Å². The van der Waals surface area contributed by atoms with E-state index in [1.54, 1.807) is 50.2 Å². The third kappa shape index (κ3) is 3.85. The fraction of sp³-hybridized carbons (Fsp3) is 0.304. The van der Waals surface area contributed by atoms with Crippen LogP contribution in [0.3, 0.4) is 0 Å². The number of carbonyl (C=O) groups excluding carboxylic acids is 1. The van der Waals surface area contributed by atoms with Gasteiger partial charge >= 0.3 is 6.55 Å². The molecular weight excluding hydrogens is 404 g/mol. The number of aryl methyl sites for hydroxylation is 1. The van der Waals surface area contributed by atoms with Crippen molar-refractivity contribution in [1.29, 1.82) is 0 Å². The van der Waals surface area contributed by atoms with E-state index in [0.717, 1.165) is 9.95 Å². The number of para-hydroxylation sites is 2. The zero-order chi connectivity index (χ0) is 22.1. The van der Waals surface area contributed by atoms with Crippen molar-refractivity contribution in [1.82, 2.24) is 14.9 Å². The maximum absolute atomic E-state index is 13.7. The normalized spacial score (nSPS) is 12.6. The second-order valence-electron chi connectivity index (χ2n) is 7.36. The summed E-state index contributed by atoms with van der Waals surface area (Å²) in [6, 6.07) is 12.1. The molecule has 6 nitrogen and oxygen atoms in total. The van der Waals surface area contributed by atoms with Gasteiger partial charge in [0, 0.05) is 23.4 Å². The number of carbonyl (C=O) groups is 1. The number of halogens is 2. The maximum Gasteiger partial charge on any atom is 0.320 e. The van der Waals surface area contributed by atoms with Crippen molar-refractivity contribution in [3.8, 4) is 5.75 Å². The number of aromatic nitrogens is 2. The largest absolute Gasteiger partial charge is 0.494 e. The quantitative estimate of drug-likeness (QED) is 0.428. The molecule has 0 spiro atoms. The number of furan rings is 1. The van der Waals surface area contributed by atoms with Crippen LogP contribution >= 0.6 is 0 Å². The van der Waals surface area contributed by atoms with Crippen molar-refractivity contribution in [2.24, 2.45) is 0 Å². The van der Waals surface area contributed by atoms with E-state index >= 15 is 0 Å². The molecule has 0 saturated carbocycles. The molecule has 0 aliphatic carbocycles. The second-order valence-corrected chi connectivity index (χ2v) is 7.36. The van der Waals surface area contributed by atoms with Crippen LogP contribution in [0.4, 0.5) is 8.78 Å². The fourth-order valence-electron chi connectivity index (χ4n) is 3.71. The van der Waals surface area contributed by atoms with Crippen LogP contribution in [0.5, 0.6) is 5.75 Å². The zero-order valence-corrected chi connectivity index (χ0v) is 17.5. The molecule has 0 aliphatic rings. The van der Waals surface area contributed by atoms with Crippen LogP contribution in [-0.2, 0) is 0 Å². The standard InChI is InChI=1S/C23H23F2N3O3/c1-4-30-15-9-10-19-16(11-15)14(3)20(31-19)22(29)26-12-13(2)21-27-17-7-5-6-8-18(17)28(21)23(24)25/h5-11,13,23H,4,12H2,1-3H3,(H,26,29)/t13-/m0/s1. The highest BCUT2D eigenvalue weighted by Gasteiger charge is 2.23. The van der Waals surface area contributed by atoms with Gasteiger partial charge in [0.25, 0.3) is 5.91 Å². The minimum atomic E-state index is -2.72. The lowest BCUT2D eigenvalue weighted by Crippen LogP contribution is -2.28. The SMILES string of the molecule is CCOc1ccc2oc(C(=O)NC[C@H](C)c3nc4ccccc4n3C(F)F)c(C)c2c1. The van der Waals surface area contributed by atoms with E-state index in [9.17, 15) is 13.6 Å². The number of ether oxygens (including phenoxy) is 1. The number of nitrogens with one attached hydrogen (secondary N) is 1. The molecule has 162 valence electrons. The number of imidazole rings is 1. The first-order valence-corrected chi connectivity index (χ1v) is 10.1. The van der Waals surface area contributed by atoms with Gasteiger partial charge in [0.05, 0.1) is 17.6 Å². The summed E-state index contributed by atoms with van der Waals surface area (Å²) in [5.74, 6) is 0.278. The van der Waals surface area contributed by atoms with Gasteiger partial charge in [-0.2, -0.15) is 8.78 Å². The number of amides is 1. The summed E-state index contributed by atoms with van der Waals surface area (Å²) in [5, 5.41) is 3.58. The molecule has 0 unspecified atom stereocenters. The van der Waals surface area contributed by atoms with E-state index in [-0.39, 0.29) is 18.1 Å². The van der Waals surface area contributed by atoms with Gasteiger partial charge in [0.2, 0.25) is 0 Å². The predicted octanol–water partition coefficient (Wildman–Crippen LogP) is 5.42. The predicted molar refractivity (Wildman–Crippen MR) is 114 cm³/mol. The smallest absolute Gasteiger partial charge is 0.320 e. The number of benzene rings is 2. The molecule has 8 heteroatoms. The molecule has 1 atom stereocenters. The summed E-state index contributed by atoms with van der Waals surface area (Å²) in [4.78, 5) is 17.1. The van der Waals surface area contributed by atoms with Gasteiger partial charge in [-0.3, -0.25) is 9.36 Å². The van der Waals surface area contributed by atoms with Crippen molar-refractivity contribution in [2.75, 3.05) is 13.2 Å². The van der Waals surface area contributed by atoms with Crippen LogP contribution in [0, 0.1) is 6.92 Å². The molecule has 4 rings (SSSR count). The number of fused-ring (bicyclic) bond motifs is 2. The highest BCUT2D eigenvalue weighted by molar-refractivity contribution is 5.99.